The number of aryl methyl sites for hydroxylation is 1. The van der Waals surface area contributed by atoms with Gasteiger partial charge in [-0.05, 0) is 44.0 Å². The summed E-state index contributed by atoms with van der Waals surface area (Å²) in [6.07, 6.45) is 3.00. The van der Waals surface area contributed by atoms with Gasteiger partial charge >= 0.3 is 5.97 Å². The first-order valence-corrected chi connectivity index (χ1v) is 5.86. The number of carbonyl (C=O) groups is 1. The zero-order chi connectivity index (χ0) is 12.4. The number of nitrogens with one attached hydrogen (secondary N) is 1. The van der Waals surface area contributed by atoms with Gasteiger partial charge in [0.15, 0.2) is 0 Å². The van der Waals surface area contributed by atoms with Crippen LogP contribution in [0.25, 0.3) is 0 Å². The van der Waals surface area contributed by atoms with Crippen molar-refractivity contribution in [1.29, 1.82) is 0 Å². The summed E-state index contributed by atoms with van der Waals surface area (Å²) in [4.78, 5) is 11.0. The molecule has 1 aliphatic heterocycles. The molecule has 0 bridgehead atoms. The molecule has 1 fully saturated rings. The molecule has 0 aliphatic carbocycles. The van der Waals surface area contributed by atoms with Crippen molar-refractivity contribution in [3.05, 3.63) is 34.6 Å². The predicted octanol–water partition coefficient (Wildman–Crippen LogP) is 2.65. The quantitative estimate of drug-likeness (QED) is 0.831. The molecule has 17 heavy (non-hydrogen) atoms. The van der Waals surface area contributed by atoms with Gasteiger partial charge in [-0.3, -0.25) is 0 Å². The average molecular weight is 237 g/mol. The molecule has 0 amide bonds. The van der Waals surface area contributed by atoms with E-state index in [-0.39, 0.29) is 17.4 Å². The Morgan fingerprint density at radius 2 is 2.24 bits per heavy atom. The lowest BCUT2D eigenvalue weighted by molar-refractivity contribution is 0.0696. The molecule has 2 rings (SSSR count). The summed E-state index contributed by atoms with van der Waals surface area (Å²) < 4.78 is 13.8. The highest BCUT2D eigenvalue weighted by molar-refractivity contribution is 5.89. The van der Waals surface area contributed by atoms with E-state index >= 15 is 0 Å². The molecular formula is C13H16FNO2. The van der Waals surface area contributed by atoms with E-state index in [1.54, 1.807) is 6.92 Å². The summed E-state index contributed by atoms with van der Waals surface area (Å²) in [5, 5.41) is 12.3. The smallest absolute Gasteiger partial charge is 0.335 e. The molecule has 1 unspecified atom stereocenters. The average Bonchev–Trinajstić information content (AvgIpc) is 2.29. The molecule has 2 N–H and O–H groups in total. The maximum Gasteiger partial charge on any atom is 0.335 e. The molecule has 1 saturated heterocycles. The third-order valence-electron chi connectivity index (χ3n) is 3.26. The number of benzene rings is 1. The Balaban J connectivity index is 2.38. The number of piperidine rings is 1. The van der Waals surface area contributed by atoms with Crippen LogP contribution in [0.15, 0.2) is 12.1 Å². The number of carboxylic acids is 1. The topological polar surface area (TPSA) is 49.3 Å². The van der Waals surface area contributed by atoms with E-state index in [2.05, 4.69) is 5.32 Å². The number of halogens is 1. The van der Waals surface area contributed by atoms with Crippen LogP contribution in [0.5, 0.6) is 0 Å². The summed E-state index contributed by atoms with van der Waals surface area (Å²) in [6, 6.07) is 2.73. The van der Waals surface area contributed by atoms with Gasteiger partial charge in [0.2, 0.25) is 0 Å². The lowest BCUT2D eigenvalue weighted by Gasteiger charge is -2.24. The number of hydrogen-bond donors (Lipinski definition) is 2. The molecule has 0 radical (unpaired) electrons. The molecule has 0 saturated carbocycles. The zero-order valence-corrected chi connectivity index (χ0v) is 9.79. The summed E-state index contributed by atoms with van der Waals surface area (Å²) in [5.74, 6) is -1.31. The zero-order valence-electron chi connectivity index (χ0n) is 9.79. The Kier molecular flexibility index (Phi) is 3.43. The highest BCUT2D eigenvalue weighted by Gasteiger charge is 2.21. The fourth-order valence-electron chi connectivity index (χ4n) is 2.30. The fourth-order valence-corrected chi connectivity index (χ4v) is 2.30. The molecule has 4 heteroatoms. The molecular weight excluding hydrogens is 221 g/mol. The molecule has 1 aromatic carbocycles. The van der Waals surface area contributed by atoms with Crippen LogP contribution < -0.4 is 5.32 Å². The van der Waals surface area contributed by atoms with Crippen molar-refractivity contribution in [2.24, 2.45) is 0 Å². The van der Waals surface area contributed by atoms with Gasteiger partial charge < -0.3 is 10.4 Å². The van der Waals surface area contributed by atoms with Gasteiger partial charge in [0, 0.05) is 11.6 Å². The van der Waals surface area contributed by atoms with E-state index in [1.165, 1.54) is 12.1 Å². The van der Waals surface area contributed by atoms with E-state index in [4.69, 9.17) is 5.11 Å². The van der Waals surface area contributed by atoms with Crippen LogP contribution in [0.3, 0.4) is 0 Å². The van der Waals surface area contributed by atoms with Gasteiger partial charge in [0.1, 0.15) is 5.82 Å². The van der Waals surface area contributed by atoms with Crippen molar-refractivity contribution in [2.45, 2.75) is 32.2 Å². The molecule has 3 nitrogen and oxygen atoms in total. The van der Waals surface area contributed by atoms with Crippen molar-refractivity contribution in [3.63, 3.8) is 0 Å². The van der Waals surface area contributed by atoms with Crippen LogP contribution in [0.1, 0.15) is 46.8 Å². The van der Waals surface area contributed by atoms with Crippen molar-refractivity contribution >= 4 is 5.97 Å². The highest BCUT2D eigenvalue weighted by atomic mass is 19.1. The van der Waals surface area contributed by atoms with Gasteiger partial charge in [0.05, 0.1) is 5.56 Å². The third-order valence-corrected chi connectivity index (χ3v) is 3.26. The molecule has 1 aliphatic rings. The van der Waals surface area contributed by atoms with E-state index in [0.29, 0.717) is 11.1 Å². The Labute approximate surface area is 99.7 Å². The second-order valence-corrected chi connectivity index (χ2v) is 4.50. The van der Waals surface area contributed by atoms with E-state index in [1.807, 2.05) is 0 Å². The van der Waals surface area contributed by atoms with Crippen molar-refractivity contribution in [3.8, 4) is 0 Å². The minimum atomic E-state index is -1.00. The number of aromatic carboxylic acids is 1. The van der Waals surface area contributed by atoms with Crippen molar-refractivity contribution in [1.82, 2.24) is 5.32 Å². The van der Waals surface area contributed by atoms with Crippen LogP contribution in [-0.2, 0) is 0 Å². The molecule has 1 heterocycles. The van der Waals surface area contributed by atoms with Crippen molar-refractivity contribution < 1.29 is 14.3 Å². The Morgan fingerprint density at radius 1 is 1.47 bits per heavy atom. The van der Waals surface area contributed by atoms with Gasteiger partial charge in [-0.2, -0.15) is 0 Å². The first-order chi connectivity index (χ1) is 8.09. The highest BCUT2D eigenvalue weighted by Crippen LogP contribution is 2.27. The van der Waals surface area contributed by atoms with Crippen LogP contribution >= 0.6 is 0 Å². The minimum Gasteiger partial charge on any atom is -0.478 e. The van der Waals surface area contributed by atoms with Crippen LogP contribution in [-0.4, -0.2) is 17.6 Å². The lowest BCUT2D eigenvalue weighted by atomic mass is 9.94. The summed E-state index contributed by atoms with van der Waals surface area (Å²) >= 11 is 0. The largest absolute Gasteiger partial charge is 0.478 e. The van der Waals surface area contributed by atoms with Gasteiger partial charge in [-0.25, -0.2) is 9.18 Å². The predicted molar refractivity (Wildman–Crippen MR) is 62.7 cm³/mol. The normalized spacial score (nSPS) is 20.2. The van der Waals surface area contributed by atoms with Gasteiger partial charge in [0.25, 0.3) is 0 Å². The number of rotatable bonds is 2. The number of carboxylic acid groups (broad SMARTS) is 1. The SMILES string of the molecule is Cc1cc(F)c(C2CCCCN2)cc1C(=O)O. The van der Waals surface area contributed by atoms with E-state index in [0.717, 1.165) is 25.8 Å². The molecule has 0 aromatic heterocycles. The first kappa shape index (κ1) is 12.0. The summed E-state index contributed by atoms with van der Waals surface area (Å²) in [5.41, 5.74) is 1.14. The molecule has 92 valence electrons. The first-order valence-electron chi connectivity index (χ1n) is 5.86. The minimum absolute atomic E-state index is 0.0533. The lowest BCUT2D eigenvalue weighted by Crippen LogP contribution is -2.27. The van der Waals surface area contributed by atoms with Gasteiger partial charge in [-0.15, -0.1) is 0 Å². The maximum absolute atomic E-state index is 13.8. The molecule has 1 atom stereocenters. The second kappa shape index (κ2) is 4.84. The van der Waals surface area contributed by atoms with Crippen LogP contribution in [0, 0.1) is 12.7 Å². The van der Waals surface area contributed by atoms with E-state index < -0.39 is 5.97 Å². The fraction of sp³-hybridized carbons (Fsp3) is 0.462. The monoisotopic (exact) mass is 237 g/mol. The molecule has 0 spiro atoms. The Bertz CT molecular complexity index is 439. The third kappa shape index (κ3) is 2.47. The number of hydrogen-bond acceptors (Lipinski definition) is 2. The van der Waals surface area contributed by atoms with Crippen LogP contribution in [0.2, 0.25) is 0 Å². The standard InChI is InChI=1S/C13H16FNO2/c1-8-6-11(14)10(7-9(8)13(16)17)12-4-2-3-5-15-12/h6-7,12,15H,2-5H2,1H3,(H,16,17). The summed E-state index contributed by atoms with van der Waals surface area (Å²) in [6.45, 7) is 2.48. The van der Waals surface area contributed by atoms with Gasteiger partial charge in [-0.1, -0.05) is 6.42 Å². The maximum atomic E-state index is 13.8. The molecule has 1 aromatic rings. The second-order valence-electron chi connectivity index (χ2n) is 4.50. The van der Waals surface area contributed by atoms with Crippen molar-refractivity contribution in [2.75, 3.05) is 6.54 Å². The Morgan fingerprint density at radius 3 is 2.82 bits per heavy atom. The Hall–Kier alpha value is -1.42. The van der Waals surface area contributed by atoms with Crippen LogP contribution in [0.4, 0.5) is 4.39 Å². The summed E-state index contributed by atoms with van der Waals surface area (Å²) in [7, 11) is 0. The van der Waals surface area contributed by atoms with E-state index in [9.17, 15) is 9.18 Å².